The molecule has 0 spiro atoms. The van der Waals surface area contributed by atoms with Gasteiger partial charge in [0.15, 0.2) is 0 Å². The van der Waals surface area contributed by atoms with E-state index in [-0.39, 0.29) is 0 Å². The number of rotatable bonds is 2. The quantitative estimate of drug-likeness (QED) is 0.782. The predicted molar refractivity (Wildman–Crippen MR) is 83.2 cm³/mol. The molecule has 2 N–H and O–H groups in total. The highest BCUT2D eigenvalue weighted by Crippen LogP contribution is 2.27. The van der Waals surface area contributed by atoms with Gasteiger partial charge in [-0.05, 0) is 54.7 Å². The lowest BCUT2D eigenvalue weighted by Crippen LogP contribution is -1.97. The molecule has 104 valence electrons. The highest BCUT2D eigenvalue weighted by Gasteiger charge is 2.13. The number of nitrogen functional groups attached to an aromatic ring is 1. The average Bonchev–Trinajstić information content (AvgIpc) is 3.16. The summed E-state index contributed by atoms with van der Waals surface area (Å²) in [5.41, 5.74) is 11.8. The van der Waals surface area contributed by atoms with Gasteiger partial charge >= 0.3 is 0 Å². The number of pyridine rings is 1. The van der Waals surface area contributed by atoms with Crippen LogP contribution < -0.4 is 5.73 Å². The summed E-state index contributed by atoms with van der Waals surface area (Å²) in [7, 11) is 0. The number of nitrogens with two attached hydrogens (primary N) is 1. The van der Waals surface area contributed by atoms with Crippen LogP contribution in [0.5, 0.6) is 0 Å². The molecule has 0 aliphatic heterocycles. The van der Waals surface area contributed by atoms with Gasteiger partial charge in [-0.2, -0.15) is 0 Å². The van der Waals surface area contributed by atoms with Crippen LogP contribution >= 0.6 is 0 Å². The lowest BCUT2D eigenvalue weighted by Gasteiger charge is -2.10. The fourth-order valence-corrected chi connectivity index (χ4v) is 2.98. The van der Waals surface area contributed by atoms with E-state index in [9.17, 15) is 0 Å². The number of nitrogens with zero attached hydrogens (tertiary/aromatic N) is 3. The minimum atomic E-state index is 0.530. The molecule has 0 saturated carbocycles. The Balaban J connectivity index is 1.80. The Morgan fingerprint density at radius 3 is 2.76 bits per heavy atom. The van der Waals surface area contributed by atoms with Crippen LogP contribution in [-0.2, 0) is 12.8 Å². The largest absolute Gasteiger partial charge is 0.384 e. The second-order valence-corrected chi connectivity index (χ2v) is 5.43. The lowest BCUT2D eigenvalue weighted by atomic mass is 10.1. The Labute approximate surface area is 123 Å². The van der Waals surface area contributed by atoms with Crippen LogP contribution in [0.1, 0.15) is 17.5 Å². The van der Waals surface area contributed by atoms with Crippen LogP contribution in [0.25, 0.3) is 16.9 Å². The molecule has 2 aromatic heterocycles. The maximum absolute atomic E-state index is 5.66. The zero-order valence-corrected chi connectivity index (χ0v) is 11.7. The summed E-state index contributed by atoms with van der Waals surface area (Å²) >= 11 is 0. The number of fused-ring (bicyclic) bond motifs is 1. The molecule has 2 heterocycles. The van der Waals surface area contributed by atoms with Crippen molar-refractivity contribution in [3.63, 3.8) is 0 Å². The van der Waals surface area contributed by atoms with Gasteiger partial charge in [-0.25, -0.2) is 9.97 Å². The molecule has 0 radical (unpaired) electrons. The van der Waals surface area contributed by atoms with E-state index in [1.165, 1.54) is 30.4 Å². The van der Waals surface area contributed by atoms with Gasteiger partial charge in [0.05, 0.1) is 18.2 Å². The Morgan fingerprint density at radius 1 is 1.00 bits per heavy atom. The van der Waals surface area contributed by atoms with E-state index in [1.54, 1.807) is 6.20 Å². The van der Waals surface area contributed by atoms with E-state index < -0.39 is 0 Å². The summed E-state index contributed by atoms with van der Waals surface area (Å²) in [6, 6.07) is 10.5. The van der Waals surface area contributed by atoms with Gasteiger partial charge in [-0.3, -0.25) is 4.57 Å². The first-order valence-electron chi connectivity index (χ1n) is 7.18. The van der Waals surface area contributed by atoms with E-state index in [2.05, 4.69) is 32.7 Å². The molecule has 21 heavy (non-hydrogen) atoms. The highest BCUT2D eigenvalue weighted by molar-refractivity contribution is 5.62. The van der Waals surface area contributed by atoms with Crippen molar-refractivity contribution in [1.82, 2.24) is 14.5 Å². The first kappa shape index (κ1) is 12.1. The fourth-order valence-electron chi connectivity index (χ4n) is 2.98. The number of hydrogen-bond donors (Lipinski definition) is 1. The maximum Gasteiger partial charge on any atom is 0.123 e. The normalized spacial score (nSPS) is 13.3. The second kappa shape index (κ2) is 4.74. The van der Waals surface area contributed by atoms with Crippen molar-refractivity contribution >= 4 is 5.82 Å². The molecule has 0 saturated heterocycles. The molecular weight excluding hydrogens is 260 g/mol. The summed E-state index contributed by atoms with van der Waals surface area (Å²) < 4.78 is 2.10. The number of hydrogen-bond acceptors (Lipinski definition) is 3. The third-order valence-corrected chi connectivity index (χ3v) is 4.08. The minimum Gasteiger partial charge on any atom is -0.384 e. The first-order chi connectivity index (χ1) is 10.3. The molecule has 0 atom stereocenters. The lowest BCUT2D eigenvalue weighted by molar-refractivity contribution is 0.911. The van der Waals surface area contributed by atoms with Crippen molar-refractivity contribution in [1.29, 1.82) is 0 Å². The van der Waals surface area contributed by atoms with E-state index in [0.717, 1.165) is 16.9 Å². The highest BCUT2D eigenvalue weighted by atomic mass is 15.1. The average molecular weight is 276 g/mol. The van der Waals surface area contributed by atoms with Crippen LogP contribution in [0.3, 0.4) is 0 Å². The predicted octanol–water partition coefficient (Wildman–Crippen LogP) is 3.01. The van der Waals surface area contributed by atoms with Crippen LogP contribution in [0, 0.1) is 0 Å². The Hall–Kier alpha value is -2.62. The summed E-state index contributed by atoms with van der Waals surface area (Å²) in [6.07, 6.45) is 9.14. The smallest absolute Gasteiger partial charge is 0.123 e. The van der Waals surface area contributed by atoms with Crippen LogP contribution in [0.15, 0.2) is 49.1 Å². The summed E-state index contributed by atoms with van der Waals surface area (Å²) in [6.45, 7) is 0. The molecule has 4 nitrogen and oxygen atoms in total. The monoisotopic (exact) mass is 276 g/mol. The minimum absolute atomic E-state index is 0.530. The van der Waals surface area contributed by atoms with Gasteiger partial charge in [0, 0.05) is 17.4 Å². The molecule has 4 rings (SSSR count). The molecule has 4 heteroatoms. The molecule has 1 aromatic carbocycles. The van der Waals surface area contributed by atoms with Crippen LogP contribution in [0.2, 0.25) is 0 Å². The van der Waals surface area contributed by atoms with Gasteiger partial charge in [-0.1, -0.05) is 6.07 Å². The summed E-state index contributed by atoms with van der Waals surface area (Å²) in [4.78, 5) is 8.46. The number of aryl methyl sites for hydroxylation is 2. The Kier molecular flexibility index (Phi) is 2.74. The van der Waals surface area contributed by atoms with Crippen molar-refractivity contribution in [3.8, 4) is 16.9 Å². The van der Waals surface area contributed by atoms with Crippen LogP contribution in [0.4, 0.5) is 5.82 Å². The van der Waals surface area contributed by atoms with Gasteiger partial charge in [-0.15, -0.1) is 0 Å². The van der Waals surface area contributed by atoms with Gasteiger partial charge in [0.1, 0.15) is 5.82 Å². The molecular formula is C17H16N4. The van der Waals surface area contributed by atoms with Crippen molar-refractivity contribution in [2.45, 2.75) is 19.3 Å². The van der Waals surface area contributed by atoms with Gasteiger partial charge in [0.25, 0.3) is 0 Å². The second-order valence-electron chi connectivity index (χ2n) is 5.43. The molecule has 0 bridgehead atoms. The summed E-state index contributed by atoms with van der Waals surface area (Å²) in [5, 5.41) is 0. The maximum atomic E-state index is 5.66. The van der Waals surface area contributed by atoms with Crippen LogP contribution in [-0.4, -0.2) is 14.5 Å². The summed E-state index contributed by atoms with van der Waals surface area (Å²) in [5.74, 6) is 0.530. The third kappa shape index (κ3) is 2.09. The topological polar surface area (TPSA) is 56.7 Å². The zero-order chi connectivity index (χ0) is 14.2. The number of imidazole rings is 1. The molecule has 0 fully saturated rings. The van der Waals surface area contributed by atoms with E-state index >= 15 is 0 Å². The Morgan fingerprint density at radius 2 is 1.90 bits per heavy atom. The van der Waals surface area contributed by atoms with E-state index in [0.29, 0.717) is 5.82 Å². The van der Waals surface area contributed by atoms with Crippen molar-refractivity contribution < 1.29 is 0 Å². The Bertz CT molecular complexity index is 787. The van der Waals surface area contributed by atoms with Crippen molar-refractivity contribution in [2.24, 2.45) is 0 Å². The van der Waals surface area contributed by atoms with E-state index in [4.69, 9.17) is 5.73 Å². The van der Waals surface area contributed by atoms with Gasteiger partial charge < -0.3 is 5.73 Å². The zero-order valence-electron chi connectivity index (χ0n) is 11.7. The molecule has 0 amide bonds. The number of anilines is 1. The standard InChI is InChI=1S/C17H16N4/c18-17-7-5-14(9-20-17)16-10-19-11-21(16)15-6-4-12-2-1-3-13(12)8-15/h4-11H,1-3H2,(H2,18,20). The third-order valence-electron chi connectivity index (χ3n) is 4.08. The molecule has 1 aliphatic carbocycles. The van der Waals surface area contributed by atoms with Crippen molar-refractivity contribution in [3.05, 3.63) is 60.2 Å². The first-order valence-corrected chi connectivity index (χ1v) is 7.18. The van der Waals surface area contributed by atoms with Gasteiger partial charge in [0.2, 0.25) is 0 Å². The van der Waals surface area contributed by atoms with E-state index in [1.807, 2.05) is 24.7 Å². The SMILES string of the molecule is Nc1ccc(-c2cncn2-c2ccc3c(c2)CCC3)cn1. The fraction of sp³-hybridized carbons (Fsp3) is 0.176. The molecule has 1 aliphatic rings. The van der Waals surface area contributed by atoms with Crippen molar-refractivity contribution in [2.75, 3.05) is 5.73 Å². The molecule has 0 unspecified atom stereocenters. The number of benzene rings is 1. The number of aromatic nitrogens is 3. The molecule has 3 aromatic rings.